The molecule has 0 fully saturated rings. The van der Waals surface area contributed by atoms with Crippen molar-refractivity contribution >= 4 is 28.7 Å². The number of carbonyl (C=O) groups is 1. The predicted octanol–water partition coefficient (Wildman–Crippen LogP) is 2.62. The predicted molar refractivity (Wildman–Crippen MR) is 94.2 cm³/mol. The molecule has 0 radical (unpaired) electrons. The Balaban J connectivity index is 1.86. The fraction of sp³-hybridized carbons (Fsp3) is 0.111. The Labute approximate surface area is 139 Å². The second-order valence-corrected chi connectivity index (χ2v) is 5.45. The molecule has 2 aromatic carbocycles. The zero-order valence-corrected chi connectivity index (χ0v) is 13.4. The lowest BCUT2D eigenvalue weighted by Crippen LogP contribution is -2.36. The molecule has 0 aliphatic carbocycles. The second-order valence-electron chi connectivity index (χ2n) is 5.45. The van der Waals surface area contributed by atoms with Gasteiger partial charge in [0.25, 0.3) is 11.9 Å². The highest BCUT2D eigenvalue weighted by Crippen LogP contribution is 2.19. The topological polar surface area (TPSA) is 93.3 Å². The number of rotatable bonds is 2. The van der Waals surface area contributed by atoms with Crippen LogP contribution in [0.1, 0.15) is 21.6 Å². The number of nitrogens with two attached hydrogens (primary N) is 1. The Morgan fingerprint density at radius 3 is 2.58 bits per heavy atom. The van der Waals surface area contributed by atoms with Crippen molar-refractivity contribution in [3.8, 4) is 0 Å². The van der Waals surface area contributed by atoms with E-state index in [4.69, 9.17) is 5.73 Å². The molecule has 0 aliphatic heterocycles. The van der Waals surface area contributed by atoms with Crippen molar-refractivity contribution in [2.24, 2.45) is 10.7 Å². The van der Waals surface area contributed by atoms with E-state index in [1.54, 1.807) is 24.3 Å². The van der Waals surface area contributed by atoms with Crippen molar-refractivity contribution in [2.45, 2.75) is 13.8 Å². The summed E-state index contributed by atoms with van der Waals surface area (Å²) in [5, 5.41) is 3.50. The van der Waals surface area contributed by atoms with Crippen LogP contribution in [-0.2, 0) is 0 Å². The molecule has 0 aliphatic rings. The maximum atomic E-state index is 12.0. The number of carbonyl (C=O) groups excluding carboxylic acids is 1. The Hall–Kier alpha value is -3.28. The van der Waals surface area contributed by atoms with Gasteiger partial charge < -0.3 is 5.73 Å². The third kappa shape index (κ3) is 3.38. The Morgan fingerprint density at radius 2 is 1.83 bits per heavy atom. The maximum Gasteiger partial charge on any atom is 0.257 e. The van der Waals surface area contributed by atoms with Crippen molar-refractivity contribution in [3.05, 3.63) is 65.4 Å². The molecule has 24 heavy (non-hydrogen) atoms. The zero-order chi connectivity index (χ0) is 17.1. The monoisotopic (exact) mass is 319 g/mol. The van der Waals surface area contributed by atoms with E-state index in [9.17, 15) is 4.79 Å². The van der Waals surface area contributed by atoms with Crippen LogP contribution in [0.15, 0.2) is 53.5 Å². The summed E-state index contributed by atoms with van der Waals surface area (Å²) in [6, 6.07) is 14.7. The molecule has 1 amide bonds. The van der Waals surface area contributed by atoms with Crippen molar-refractivity contribution in [2.75, 3.05) is 0 Å². The summed E-state index contributed by atoms with van der Waals surface area (Å²) >= 11 is 0. The minimum Gasteiger partial charge on any atom is -0.369 e. The number of aryl methyl sites for hydroxylation is 2. The molecule has 3 aromatic rings. The van der Waals surface area contributed by atoms with Gasteiger partial charge in [-0.2, -0.15) is 4.99 Å². The van der Waals surface area contributed by atoms with E-state index in [1.807, 2.05) is 38.1 Å². The quantitative estimate of drug-likeness (QED) is 0.561. The summed E-state index contributed by atoms with van der Waals surface area (Å²) in [5.74, 6) is -0.158. The van der Waals surface area contributed by atoms with E-state index in [1.165, 1.54) is 0 Å². The van der Waals surface area contributed by atoms with Crippen molar-refractivity contribution < 1.29 is 4.79 Å². The minimum absolute atomic E-state index is 0.0466. The highest BCUT2D eigenvalue weighted by atomic mass is 16.1. The van der Waals surface area contributed by atoms with Gasteiger partial charge in [-0.15, -0.1) is 0 Å². The van der Waals surface area contributed by atoms with Crippen LogP contribution in [-0.4, -0.2) is 21.8 Å². The third-order valence-corrected chi connectivity index (χ3v) is 3.53. The Kier molecular flexibility index (Phi) is 4.20. The lowest BCUT2D eigenvalue weighted by molar-refractivity contribution is 0.0976. The molecule has 1 aromatic heterocycles. The summed E-state index contributed by atoms with van der Waals surface area (Å²) in [6.45, 7) is 3.91. The molecule has 1 heterocycles. The van der Waals surface area contributed by atoms with Gasteiger partial charge in [-0.05, 0) is 38.1 Å². The van der Waals surface area contributed by atoms with Gasteiger partial charge in [0.15, 0.2) is 0 Å². The Bertz CT molecular complexity index is 935. The molecule has 0 spiro atoms. The van der Waals surface area contributed by atoms with Gasteiger partial charge in [0, 0.05) is 10.9 Å². The first-order chi connectivity index (χ1) is 11.5. The molecular weight excluding hydrogens is 302 g/mol. The van der Waals surface area contributed by atoms with Gasteiger partial charge >= 0.3 is 0 Å². The van der Waals surface area contributed by atoms with Gasteiger partial charge in [-0.3, -0.25) is 10.1 Å². The summed E-state index contributed by atoms with van der Waals surface area (Å²) in [5.41, 5.74) is 9.04. The molecular formula is C18H17N5O. The molecule has 3 N–H and O–H groups in total. The van der Waals surface area contributed by atoms with E-state index in [-0.39, 0.29) is 17.8 Å². The summed E-state index contributed by atoms with van der Waals surface area (Å²) in [6.07, 6.45) is 0. The molecule has 120 valence electrons. The van der Waals surface area contributed by atoms with E-state index in [2.05, 4.69) is 20.3 Å². The van der Waals surface area contributed by atoms with Gasteiger partial charge in [0.05, 0.1) is 11.2 Å². The number of hydrogen-bond acceptors (Lipinski definition) is 4. The second kappa shape index (κ2) is 6.45. The number of nitrogens with zero attached hydrogens (tertiary/aromatic N) is 3. The Morgan fingerprint density at radius 1 is 1.08 bits per heavy atom. The summed E-state index contributed by atoms with van der Waals surface area (Å²) < 4.78 is 0. The summed E-state index contributed by atoms with van der Waals surface area (Å²) in [4.78, 5) is 24.8. The highest BCUT2D eigenvalue weighted by molar-refractivity contribution is 6.05. The molecule has 0 unspecified atom stereocenters. The van der Waals surface area contributed by atoms with Gasteiger partial charge in [0.1, 0.15) is 0 Å². The molecule has 0 atom stereocenters. The van der Waals surface area contributed by atoms with Crippen molar-refractivity contribution in [3.63, 3.8) is 0 Å². The van der Waals surface area contributed by atoms with Crippen LogP contribution in [0.3, 0.4) is 0 Å². The number of hydrogen-bond donors (Lipinski definition) is 2. The number of benzene rings is 2. The van der Waals surface area contributed by atoms with Crippen LogP contribution in [0.25, 0.3) is 10.9 Å². The SMILES string of the molecule is Cc1ccc2nc(/N=C(\N)NC(=O)c3ccccc3)nc(C)c2c1. The highest BCUT2D eigenvalue weighted by Gasteiger charge is 2.08. The zero-order valence-electron chi connectivity index (χ0n) is 13.4. The normalized spacial score (nSPS) is 11.5. The first-order valence-electron chi connectivity index (χ1n) is 7.48. The lowest BCUT2D eigenvalue weighted by Gasteiger charge is -2.06. The number of nitrogens with one attached hydrogen (secondary N) is 1. The first kappa shape index (κ1) is 15.6. The van der Waals surface area contributed by atoms with Crippen LogP contribution >= 0.6 is 0 Å². The average molecular weight is 319 g/mol. The van der Waals surface area contributed by atoms with Crippen molar-refractivity contribution in [1.29, 1.82) is 0 Å². The lowest BCUT2D eigenvalue weighted by atomic mass is 10.1. The molecule has 0 saturated heterocycles. The van der Waals surface area contributed by atoms with Gasteiger partial charge in [-0.25, -0.2) is 9.97 Å². The van der Waals surface area contributed by atoms with E-state index < -0.39 is 0 Å². The molecule has 6 heteroatoms. The van der Waals surface area contributed by atoms with Crippen LogP contribution in [0.2, 0.25) is 0 Å². The summed E-state index contributed by atoms with van der Waals surface area (Å²) in [7, 11) is 0. The minimum atomic E-state index is -0.329. The number of amides is 1. The number of aromatic nitrogens is 2. The van der Waals surface area contributed by atoms with Crippen LogP contribution in [0, 0.1) is 13.8 Å². The van der Waals surface area contributed by atoms with Gasteiger partial charge in [-0.1, -0.05) is 29.8 Å². The van der Waals surface area contributed by atoms with Gasteiger partial charge in [0.2, 0.25) is 5.96 Å². The molecule has 0 bridgehead atoms. The average Bonchev–Trinajstić information content (AvgIpc) is 2.56. The van der Waals surface area contributed by atoms with Crippen LogP contribution < -0.4 is 11.1 Å². The fourth-order valence-electron chi connectivity index (χ4n) is 2.34. The number of aliphatic imine (C=N–C) groups is 1. The largest absolute Gasteiger partial charge is 0.369 e. The first-order valence-corrected chi connectivity index (χ1v) is 7.48. The van der Waals surface area contributed by atoms with Crippen molar-refractivity contribution in [1.82, 2.24) is 15.3 Å². The number of guanidine groups is 1. The standard InChI is InChI=1S/C18H17N5O/c1-11-8-9-15-14(10-11)12(2)20-18(21-15)23-17(19)22-16(24)13-6-4-3-5-7-13/h3-10H,1-2H3,(H3,19,20,21,22,23,24). The van der Waals surface area contributed by atoms with E-state index in [0.29, 0.717) is 5.56 Å². The fourth-order valence-corrected chi connectivity index (χ4v) is 2.34. The maximum absolute atomic E-state index is 12.0. The molecule has 6 nitrogen and oxygen atoms in total. The van der Waals surface area contributed by atoms with E-state index >= 15 is 0 Å². The van der Waals surface area contributed by atoms with E-state index in [0.717, 1.165) is 22.2 Å². The molecule has 0 saturated carbocycles. The van der Waals surface area contributed by atoms with Crippen LogP contribution in [0.4, 0.5) is 5.95 Å². The van der Waals surface area contributed by atoms with Crippen LogP contribution in [0.5, 0.6) is 0 Å². The molecule has 3 rings (SSSR count). The third-order valence-electron chi connectivity index (χ3n) is 3.53. The smallest absolute Gasteiger partial charge is 0.257 e. The number of fused-ring (bicyclic) bond motifs is 1.